The Balaban J connectivity index is 1.77. The number of urea groups is 1. The van der Waals surface area contributed by atoms with Gasteiger partial charge in [-0.1, -0.05) is 12.1 Å². The molecule has 3 amide bonds. The molecule has 0 radical (unpaired) electrons. The van der Waals surface area contributed by atoms with Crippen molar-refractivity contribution in [2.45, 2.75) is 19.3 Å². The second kappa shape index (κ2) is 4.50. The zero-order chi connectivity index (χ0) is 13.4. The van der Waals surface area contributed by atoms with E-state index in [1.54, 1.807) is 6.07 Å². The maximum absolute atomic E-state index is 12.1. The first-order valence-corrected chi connectivity index (χ1v) is 6.38. The summed E-state index contributed by atoms with van der Waals surface area (Å²) >= 11 is 0. The molecular formula is C14H14N2O3. The molecule has 1 N–H and O–H groups in total. The van der Waals surface area contributed by atoms with Crippen molar-refractivity contribution in [2.75, 3.05) is 13.1 Å². The molecule has 1 aliphatic carbocycles. The van der Waals surface area contributed by atoms with Crippen LogP contribution in [0, 0.1) is 0 Å². The Kier molecular flexibility index (Phi) is 2.81. The highest BCUT2D eigenvalue weighted by molar-refractivity contribution is 6.07. The molecule has 0 saturated carbocycles. The van der Waals surface area contributed by atoms with Crippen LogP contribution in [0.1, 0.15) is 27.9 Å². The molecule has 98 valence electrons. The molecule has 2 aliphatic rings. The lowest BCUT2D eigenvalue weighted by atomic mass is 10.0. The van der Waals surface area contributed by atoms with Crippen molar-refractivity contribution in [1.82, 2.24) is 10.2 Å². The molecule has 1 heterocycles. The van der Waals surface area contributed by atoms with Crippen molar-refractivity contribution in [2.24, 2.45) is 0 Å². The van der Waals surface area contributed by atoms with Crippen molar-refractivity contribution in [3.63, 3.8) is 0 Å². The van der Waals surface area contributed by atoms with Gasteiger partial charge in [-0.05, 0) is 36.5 Å². The highest BCUT2D eigenvalue weighted by atomic mass is 16.2. The lowest BCUT2D eigenvalue weighted by molar-refractivity contribution is -0.124. The van der Waals surface area contributed by atoms with Crippen molar-refractivity contribution in [1.29, 1.82) is 0 Å². The lowest BCUT2D eigenvalue weighted by Crippen LogP contribution is -2.35. The van der Waals surface area contributed by atoms with Gasteiger partial charge >= 0.3 is 6.03 Å². The number of nitrogens with one attached hydrogen (secondary N) is 1. The van der Waals surface area contributed by atoms with Crippen molar-refractivity contribution >= 4 is 17.7 Å². The molecule has 1 aromatic carbocycles. The standard InChI is InChI=1S/C14H14N2O3/c17-12(8-16-13(18)7-15-14(16)19)11-5-4-9-2-1-3-10(9)6-11/h4-6H,1-3,7-8H2,(H,15,19). The largest absolute Gasteiger partial charge is 0.329 e. The van der Waals surface area contributed by atoms with Crippen molar-refractivity contribution in [3.05, 3.63) is 34.9 Å². The fraction of sp³-hybridized carbons (Fsp3) is 0.357. The van der Waals surface area contributed by atoms with Crippen LogP contribution in [-0.2, 0) is 17.6 Å². The summed E-state index contributed by atoms with van der Waals surface area (Å²) in [7, 11) is 0. The van der Waals surface area contributed by atoms with Gasteiger partial charge in [-0.15, -0.1) is 0 Å². The second-order valence-corrected chi connectivity index (χ2v) is 4.90. The highest BCUT2D eigenvalue weighted by Gasteiger charge is 2.30. The zero-order valence-electron chi connectivity index (χ0n) is 10.4. The maximum atomic E-state index is 12.1. The number of aryl methyl sites for hydroxylation is 2. The summed E-state index contributed by atoms with van der Waals surface area (Å²) in [5.41, 5.74) is 3.09. The summed E-state index contributed by atoms with van der Waals surface area (Å²) in [5, 5.41) is 2.40. The SMILES string of the molecule is O=C(CN1C(=O)CNC1=O)c1ccc2c(c1)CCC2. The minimum Gasteiger partial charge on any atom is -0.329 e. The minimum atomic E-state index is -0.487. The predicted octanol–water partition coefficient (Wildman–Crippen LogP) is 0.910. The molecule has 3 rings (SSSR count). The number of rotatable bonds is 3. The zero-order valence-corrected chi connectivity index (χ0v) is 10.4. The molecule has 0 atom stereocenters. The molecule has 0 unspecified atom stereocenters. The van der Waals surface area contributed by atoms with E-state index in [-0.39, 0.29) is 24.8 Å². The number of carbonyl (C=O) groups excluding carboxylic acids is 3. The van der Waals surface area contributed by atoms with E-state index in [1.165, 1.54) is 11.1 Å². The number of ketones is 1. The van der Waals surface area contributed by atoms with Crippen molar-refractivity contribution < 1.29 is 14.4 Å². The molecule has 1 saturated heterocycles. The fourth-order valence-electron chi connectivity index (χ4n) is 2.60. The number of benzene rings is 1. The average Bonchev–Trinajstić information content (AvgIpc) is 2.99. The van der Waals surface area contributed by atoms with E-state index < -0.39 is 6.03 Å². The Morgan fingerprint density at radius 1 is 1.21 bits per heavy atom. The molecule has 19 heavy (non-hydrogen) atoms. The second-order valence-electron chi connectivity index (χ2n) is 4.90. The fourth-order valence-corrected chi connectivity index (χ4v) is 2.60. The van der Waals surface area contributed by atoms with E-state index >= 15 is 0 Å². The van der Waals surface area contributed by atoms with Gasteiger partial charge in [0.2, 0.25) is 5.91 Å². The van der Waals surface area contributed by atoms with Gasteiger partial charge in [0.1, 0.15) is 0 Å². The molecule has 1 aliphatic heterocycles. The van der Waals surface area contributed by atoms with Gasteiger partial charge in [-0.3, -0.25) is 14.5 Å². The number of fused-ring (bicyclic) bond motifs is 1. The van der Waals surface area contributed by atoms with Gasteiger partial charge in [-0.2, -0.15) is 0 Å². The van der Waals surface area contributed by atoms with Crippen LogP contribution < -0.4 is 5.32 Å². The van der Waals surface area contributed by atoms with Gasteiger partial charge < -0.3 is 5.32 Å². The van der Waals surface area contributed by atoms with Crippen LogP contribution in [0.2, 0.25) is 0 Å². The van der Waals surface area contributed by atoms with Gasteiger partial charge in [0.05, 0.1) is 13.1 Å². The Morgan fingerprint density at radius 3 is 2.74 bits per heavy atom. The third-order valence-electron chi connectivity index (χ3n) is 3.66. The summed E-state index contributed by atoms with van der Waals surface area (Å²) in [5.74, 6) is -0.542. The van der Waals surface area contributed by atoms with Crippen LogP contribution in [0.25, 0.3) is 0 Å². The van der Waals surface area contributed by atoms with E-state index in [4.69, 9.17) is 0 Å². The van der Waals surface area contributed by atoms with E-state index in [0.717, 1.165) is 24.2 Å². The summed E-state index contributed by atoms with van der Waals surface area (Å²) in [6, 6.07) is 5.16. The Bertz CT molecular complexity index is 564. The van der Waals surface area contributed by atoms with Crippen LogP contribution in [-0.4, -0.2) is 35.7 Å². The van der Waals surface area contributed by atoms with E-state index in [9.17, 15) is 14.4 Å². The number of carbonyl (C=O) groups is 3. The van der Waals surface area contributed by atoms with Crippen LogP contribution in [0.5, 0.6) is 0 Å². The van der Waals surface area contributed by atoms with Crippen LogP contribution in [0.3, 0.4) is 0 Å². The summed E-state index contributed by atoms with van der Waals surface area (Å²) < 4.78 is 0. The smallest absolute Gasteiger partial charge is 0.325 e. The van der Waals surface area contributed by atoms with Gasteiger partial charge in [0, 0.05) is 5.56 Å². The van der Waals surface area contributed by atoms with Crippen LogP contribution in [0.15, 0.2) is 18.2 Å². The first-order valence-electron chi connectivity index (χ1n) is 6.38. The minimum absolute atomic E-state index is 0.0176. The Hall–Kier alpha value is -2.17. The number of imide groups is 1. The number of hydrogen-bond acceptors (Lipinski definition) is 3. The molecule has 0 bridgehead atoms. The predicted molar refractivity (Wildman–Crippen MR) is 67.9 cm³/mol. The number of Topliss-reactive ketones (excluding diaryl/α,β-unsaturated/α-hetero) is 1. The summed E-state index contributed by atoms with van der Waals surface area (Å²) in [6.45, 7) is -0.195. The summed E-state index contributed by atoms with van der Waals surface area (Å²) in [4.78, 5) is 35.9. The first-order chi connectivity index (χ1) is 9.15. The van der Waals surface area contributed by atoms with E-state index in [1.807, 2.05) is 12.1 Å². The van der Waals surface area contributed by atoms with E-state index in [0.29, 0.717) is 5.56 Å². The van der Waals surface area contributed by atoms with Gasteiger partial charge in [-0.25, -0.2) is 4.79 Å². The lowest BCUT2D eigenvalue weighted by Gasteiger charge is -2.11. The first kappa shape index (κ1) is 11.9. The van der Waals surface area contributed by atoms with Crippen LogP contribution >= 0.6 is 0 Å². The molecular weight excluding hydrogens is 244 g/mol. The monoisotopic (exact) mass is 258 g/mol. The normalized spacial score (nSPS) is 17.6. The quantitative estimate of drug-likeness (QED) is 0.647. The van der Waals surface area contributed by atoms with Crippen LogP contribution in [0.4, 0.5) is 4.79 Å². The van der Waals surface area contributed by atoms with Gasteiger partial charge in [0.15, 0.2) is 5.78 Å². The number of amides is 3. The third kappa shape index (κ3) is 2.12. The molecule has 0 aromatic heterocycles. The number of nitrogens with zero attached hydrogens (tertiary/aromatic N) is 1. The molecule has 1 aromatic rings. The summed E-state index contributed by atoms with van der Waals surface area (Å²) in [6.07, 6.45) is 3.19. The van der Waals surface area contributed by atoms with Gasteiger partial charge in [0.25, 0.3) is 0 Å². The maximum Gasteiger partial charge on any atom is 0.325 e. The molecule has 5 heteroatoms. The molecule has 5 nitrogen and oxygen atoms in total. The third-order valence-corrected chi connectivity index (χ3v) is 3.66. The Labute approximate surface area is 110 Å². The topological polar surface area (TPSA) is 66.5 Å². The molecule has 0 spiro atoms. The average molecular weight is 258 g/mol. The number of hydrogen-bond donors (Lipinski definition) is 1. The molecule has 1 fully saturated rings. The highest BCUT2D eigenvalue weighted by Crippen LogP contribution is 2.23. The van der Waals surface area contributed by atoms with Crippen molar-refractivity contribution in [3.8, 4) is 0 Å². The Morgan fingerprint density at radius 2 is 2.00 bits per heavy atom. The van der Waals surface area contributed by atoms with E-state index in [2.05, 4.69) is 5.32 Å².